The second-order valence-electron chi connectivity index (χ2n) is 6.55. The second-order valence-corrected chi connectivity index (χ2v) is 6.55. The van der Waals surface area contributed by atoms with Crippen molar-refractivity contribution in [1.29, 1.82) is 0 Å². The first kappa shape index (κ1) is 16.0. The summed E-state index contributed by atoms with van der Waals surface area (Å²) in [6.07, 6.45) is 1.13. The summed E-state index contributed by atoms with van der Waals surface area (Å²) in [4.78, 5) is 0. The molecule has 0 amide bonds. The molecule has 1 saturated heterocycles. The summed E-state index contributed by atoms with van der Waals surface area (Å²) in [7, 11) is 1.71. The normalized spacial score (nSPS) is 18.2. The van der Waals surface area contributed by atoms with Crippen LogP contribution >= 0.6 is 0 Å². The molecule has 4 rings (SSSR count). The fraction of sp³-hybridized carbons (Fsp3) is 0.273. The highest BCUT2D eigenvalue weighted by atomic mass is 16.5. The summed E-state index contributed by atoms with van der Waals surface area (Å²) in [6.45, 7) is 2.02. The molecular formula is C22H23NO2. The minimum atomic E-state index is 0.0101. The smallest absolute Gasteiger partial charge is 0.128 e. The standard InChI is InChI=1S/C22H23NO2/c1-24-19-9-4-8-17(14-19)22(18-12-13-23-15-18)25-21-11-5-7-16-6-2-3-10-20(16)21/h2-11,14,18,22-23H,12-13,15H2,1H3. The van der Waals surface area contributed by atoms with E-state index in [4.69, 9.17) is 9.47 Å². The van der Waals surface area contributed by atoms with Gasteiger partial charge in [0.05, 0.1) is 7.11 Å². The largest absolute Gasteiger partial charge is 0.497 e. The lowest BCUT2D eigenvalue weighted by molar-refractivity contribution is 0.146. The van der Waals surface area contributed by atoms with Gasteiger partial charge in [-0.3, -0.25) is 0 Å². The van der Waals surface area contributed by atoms with Gasteiger partial charge in [0.2, 0.25) is 0 Å². The first-order valence-corrected chi connectivity index (χ1v) is 8.84. The molecule has 3 nitrogen and oxygen atoms in total. The second kappa shape index (κ2) is 7.16. The van der Waals surface area contributed by atoms with E-state index in [0.717, 1.165) is 36.4 Å². The van der Waals surface area contributed by atoms with Crippen LogP contribution in [0, 0.1) is 5.92 Å². The Bertz CT molecular complexity index is 850. The quantitative estimate of drug-likeness (QED) is 0.741. The Hall–Kier alpha value is -2.52. The Morgan fingerprint density at radius 1 is 1.00 bits per heavy atom. The number of ether oxygens (including phenoxy) is 2. The molecular weight excluding hydrogens is 310 g/mol. The number of nitrogens with one attached hydrogen (secondary N) is 1. The molecule has 0 aliphatic carbocycles. The van der Waals surface area contributed by atoms with Crippen molar-refractivity contribution in [2.45, 2.75) is 12.5 Å². The topological polar surface area (TPSA) is 30.5 Å². The van der Waals surface area contributed by atoms with Gasteiger partial charge in [-0.1, -0.05) is 48.5 Å². The SMILES string of the molecule is COc1cccc(C(Oc2cccc3ccccc23)C2CCNC2)c1. The van der Waals surface area contributed by atoms with Crippen molar-refractivity contribution in [2.24, 2.45) is 5.92 Å². The van der Waals surface area contributed by atoms with E-state index in [-0.39, 0.29) is 6.10 Å². The van der Waals surface area contributed by atoms with Crippen molar-refractivity contribution >= 4 is 10.8 Å². The fourth-order valence-electron chi connectivity index (χ4n) is 3.63. The van der Waals surface area contributed by atoms with E-state index in [1.165, 1.54) is 10.9 Å². The van der Waals surface area contributed by atoms with Gasteiger partial charge in [0, 0.05) is 17.8 Å². The van der Waals surface area contributed by atoms with Crippen LogP contribution in [0.4, 0.5) is 0 Å². The van der Waals surface area contributed by atoms with Crippen LogP contribution in [-0.2, 0) is 0 Å². The number of hydrogen-bond donors (Lipinski definition) is 1. The van der Waals surface area contributed by atoms with Crippen molar-refractivity contribution in [3.63, 3.8) is 0 Å². The molecule has 1 fully saturated rings. The lowest BCUT2D eigenvalue weighted by Gasteiger charge is -2.26. The van der Waals surface area contributed by atoms with E-state index in [1.54, 1.807) is 7.11 Å². The van der Waals surface area contributed by atoms with E-state index in [2.05, 4.69) is 59.9 Å². The molecule has 0 radical (unpaired) electrons. The van der Waals surface area contributed by atoms with Gasteiger partial charge in [-0.05, 0) is 42.1 Å². The molecule has 2 atom stereocenters. The molecule has 128 valence electrons. The van der Waals surface area contributed by atoms with Crippen LogP contribution in [0.5, 0.6) is 11.5 Å². The number of rotatable bonds is 5. The van der Waals surface area contributed by atoms with Crippen LogP contribution in [0.2, 0.25) is 0 Å². The molecule has 3 heteroatoms. The maximum atomic E-state index is 6.60. The summed E-state index contributed by atoms with van der Waals surface area (Å²) < 4.78 is 12.0. The third-order valence-corrected chi connectivity index (χ3v) is 4.95. The third-order valence-electron chi connectivity index (χ3n) is 4.95. The molecule has 3 aromatic carbocycles. The van der Waals surface area contributed by atoms with E-state index in [0.29, 0.717) is 5.92 Å². The molecule has 25 heavy (non-hydrogen) atoms. The van der Waals surface area contributed by atoms with Gasteiger partial charge < -0.3 is 14.8 Å². The minimum absolute atomic E-state index is 0.0101. The molecule has 0 aromatic heterocycles. The first-order chi connectivity index (χ1) is 12.3. The van der Waals surface area contributed by atoms with Gasteiger partial charge in [-0.25, -0.2) is 0 Å². The molecule has 1 aliphatic rings. The van der Waals surface area contributed by atoms with Gasteiger partial charge >= 0.3 is 0 Å². The van der Waals surface area contributed by atoms with Crippen molar-refractivity contribution in [1.82, 2.24) is 5.32 Å². The zero-order valence-electron chi connectivity index (χ0n) is 14.4. The predicted molar refractivity (Wildman–Crippen MR) is 101 cm³/mol. The zero-order valence-corrected chi connectivity index (χ0v) is 14.4. The average Bonchev–Trinajstić information content (AvgIpc) is 3.20. The lowest BCUT2D eigenvalue weighted by Crippen LogP contribution is -2.21. The maximum Gasteiger partial charge on any atom is 0.128 e. The highest BCUT2D eigenvalue weighted by Crippen LogP contribution is 2.36. The van der Waals surface area contributed by atoms with Crippen LogP contribution in [-0.4, -0.2) is 20.2 Å². The highest BCUT2D eigenvalue weighted by molar-refractivity contribution is 5.88. The van der Waals surface area contributed by atoms with Gasteiger partial charge in [0.25, 0.3) is 0 Å². The molecule has 0 bridgehead atoms. The van der Waals surface area contributed by atoms with Crippen molar-refractivity contribution in [3.8, 4) is 11.5 Å². The zero-order chi connectivity index (χ0) is 17.1. The summed E-state index contributed by atoms with van der Waals surface area (Å²) in [5, 5.41) is 5.82. The molecule has 1 N–H and O–H groups in total. The molecule has 0 saturated carbocycles. The van der Waals surface area contributed by atoms with Gasteiger partial charge in [-0.2, -0.15) is 0 Å². The summed E-state index contributed by atoms with van der Waals surface area (Å²) in [5.74, 6) is 2.26. The Balaban J connectivity index is 1.72. The Morgan fingerprint density at radius 2 is 1.84 bits per heavy atom. The van der Waals surface area contributed by atoms with Crippen LogP contribution in [0.15, 0.2) is 66.7 Å². The third kappa shape index (κ3) is 3.33. The van der Waals surface area contributed by atoms with Crippen LogP contribution in [0.25, 0.3) is 10.8 Å². The van der Waals surface area contributed by atoms with E-state index >= 15 is 0 Å². The van der Waals surface area contributed by atoms with Crippen molar-refractivity contribution in [2.75, 3.05) is 20.2 Å². The van der Waals surface area contributed by atoms with Gasteiger partial charge in [0.1, 0.15) is 17.6 Å². The number of hydrogen-bond acceptors (Lipinski definition) is 3. The number of methoxy groups -OCH3 is 1. The number of fused-ring (bicyclic) bond motifs is 1. The summed E-state index contributed by atoms with van der Waals surface area (Å²) in [5.41, 5.74) is 1.17. The van der Waals surface area contributed by atoms with Crippen LogP contribution < -0.4 is 14.8 Å². The Morgan fingerprint density at radius 3 is 2.68 bits per heavy atom. The van der Waals surface area contributed by atoms with E-state index < -0.39 is 0 Å². The molecule has 1 aliphatic heterocycles. The highest BCUT2D eigenvalue weighted by Gasteiger charge is 2.28. The van der Waals surface area contributed by atoms with E-state index in [9.17, 15) is 0 Å². The van der Waals surface area contributed by atoms with Crippen LogP contribution in [0.3, 0.4) is 0 Å². The van der Waals surface area contributed by atoms with E-state index in [1.807, 2.05) is 12.1 Å². The van der Waals surface area contributed by atoms with Crippen molar-refractivity contribution < 1.29 is 9.47 Å². The van der Waals surface area contributed by atoms with Gasteiger partial charge in [-0.15, -0.1) is 0 Å². The van der Waals surface area contributed by atoms with Crippen LogP contribution in [0.1, 0.15) is 18.1 Å². The number of benzene rings is 3. The molecule has 3 aromatic rings. The summed E-state index contributed by atoms with van der Waals surface area (Å²) in [6, 6.07) is 22.9. The fourth-order valence-corrected chi connectivity index (χ4v) is 3.63. The average molecular weight is 333 g/mol. The monoisotopic (exact) mass is 333 g/mol. The molecule has 2 unspecified atom stereocenters. The lowest BCUT2D eigenvalue weighted by atomic mass is 9.94. The molecule has 0 spiro atoms. The minimum Gasteiger partial charge on any atom is -0.497 e. The summed E-state index contributed by atoms with van der Waals surface area (Å²) >= 11 is 0. The predicted octanol–water partition coefficient (Wildman–Crippen LogP) is 4.58. The molecule has 1 heterocycles. The maximum absolute atomic E-state index is 6.60. The van der Waals surface area contributed by atoms with Crippen molar-refractivity contribution in [3.05, 3.63) is 72.3 Å². The first-order valence-electron chi connectivity index (χ1n) is 8.84. The van der Waals surface area contributed by atoms with Gasteiger partial charge in [0.15, 0.2) is 0 Å². The Labute approximate surface area is 148 Å². The Kier molecular flexibility index (Phi) is 4.57.